The third-order valence-corrected chi connectivity index (χ3v) is 3.37. The van der Waals surface area contributed by atoms with Gasteiger partial charge in [-0.2, -0.15) is 0 Å². The van der Waals surface area contributed by atoms with Crippen LogP contribution in [0.15, 0.2) is 30.5 Å². The van der Waals surface area contributed by atoms with Crippen LogP contribution in [-0.2, 0) is 12.0 Å². The van der Waals surface area contributed by atoms with Crippen LogP contribution in [0.3, 0.4) is 0 Å². The van der Waals surface area contributed by atoms with Gasteiger partial charge in [-0.15, -0.1) is 17.5 Å². The van der Waals surface area contributed by atoms with Crippen molar-refractivity contribution in [3.8, 4) is 0 Å². The van der Waals surface area contributed by atoms with Crippen LogP contribution >= 0.6 is 12.4 Å². The van der Waals surface area contributed by atoms with Crippen molar-refractivity contribution < 1.29 is 4.79 Å². The molecule has 23 heavy (non-hydrogen) atoms. The van der Waals surface area contributed by atoms with Crippen molar-refractivity contribution in [2.24, 2.45) is 5.73 Å². The van der Waals surface area contributed by atoms with Crippen molar-refractivity contribution in [2.75, 3.05) is 13.1 Å². The number of hydrogen-bond donors (Lipinski definition) is 2. The molecule has 0 aliphatic heterocycles. The van der Waals surface area contributed by atoms with Crippen molar-refractivity contribution in [3.63, 3.8) is 0 Å². The van der Waals surface area contributed by atoms with Crippen LogP contribution < -0.4 is 11.1 Å². The average molecular weight is 338 g/mol. The molecule has 3 N–H and O–H groups in total. The summed E-state index contributed by atoms with van der Waals surface area (Å²) in [6.07, 6.45) is 1.64. The minimum atomic E-state index is -0.250. The minimum Gasteiger partial charge on any atom is -0.349 e. The molecule has 1 heterocycles. The number of nitrogens with two attached hydrogens (primary N) is 1. The molecule has 0 fully saturated rings. The van der Waals surface area contributed by atoms with Gasteiger partial charge in [0.15, 0.2) is 5.69 Å². The monoisotopic (exact) mass is 337 g/mol. The molecule has 0 saturated carbocycles. The number of carbonyl (C=O) groups excluding carboxylic acids is 1. The summed E-state index contributed by atoms with van der Waals surface area (Å²) >= 11 is 0. The molecule has 1 aromatic heterocycles. The third kappa shape index (κ3) is 5.33. The van der Waals surface area contributed by atoms with E-state index in [1.54, 1.807) is 10.9 Å². The highest BCUT2D eigenvalue weighted by Gasteiger charge is 2.13. The van der Waals surface area contributed by atoms with Crippen LogP contribution in [0.5, 0.6) is 0 Å². The molecular weight excluding hydrogens is 314 g/mol. The Morgan fingerprint density at radius 2 is 1.91 bits per heavy atom. The first-order chi connectivity index (χ1) is 10.4. The standard InChI is InChI=1S/C16H23N5O.ClH/c1-16(2,3)13-6-4-12(5-7-13)10-21-11-14(19-20-21)15(22)18-9-8-17;/h4-7,11H,8-10,17H2,1-3H3,(H,18,22);1H. The van der Waals surface area contributed by atoms with Crippen LogP contribution in [0.25, 0.3) is 0 Å². The second-order valence-corrected chi connectivity index (χ2v) is 6.29. The number of hydrogen-bond acceptors (Lipinski definition) is 4. The number of amides is 1. The molecule has 0 spiro atoms. The van der Waals surface area contributed by atoms with Gasteiger partial charge < -0.3 is 11.1 Å². The van der Waals surface area contributed by atoms with Gasteiger partial charge in [-0.3, -0.25) is 4.79 Å². The lowest BCUT2D eigenvalue weighted by molar-refractivity contribution is 0.0949. The lowest BCUT2D eigenvalue weighted by atomic mass is 9.87. The Kier molecular flexibility index (Phi) is 6.72. The first-order valence-electron chi connectivity index (χ1n) is 7.38. The first-order valence-corrected chi connectivity index (χ1v) is 7.38. The maximum Gasteiger partial charge on any atom is 0.273 e. The Morgan fingerprint density at radius 3 is 2.48 bits per heavy atom. The van der Waals surface area contributed by atoms with Gasteiger partial charge in [0.05, 0.1) is 12.7 Å². The maximum atomic E-state index is 11.7. The number of nitrogens with one attached hydrogen (secondary N) is 1. The lowest BCUT2D eigenvalue weighted by Gasteiger charge is -2.19. The molecule has 1 amide bonds. The number of carbonyl (C=O) groups is 1. The smallest absolute Gasteiger partial charge is 0.273 e. The van der Waals surface area contributed by atoms with E-state index < -0.39 is 0 Å². The molecule has 1 aromatic carbocycles. The fraction of sp³-hybridized carbons (Fsp3) is 0.438. The zero-order valence-corrected chi connectivity index (χ0v) is 14.6. The van der Waals surface area contributed by atoms with Crippen LogP contribution in [-0.4, -0.2) is 34.0 Å². The van der Waals surface area contributed by atoms with Gasteiger partial charge in [-0.05, 0) is 16.5 Å². The van der Waals surface area contributed by atoms with Crippen molar-refractivity contribution in [2.45, 2.75) is 32.7 Å². The van der Waals surface area contributed by atoms with E-state index in [0.29, 0.717) is 25.3 Å². The molecule has 2 aromatic rings. The maximum absolute atomic E-state index is 11.7. The van der Waals surface area contributed by atoms with E-state index in [4.69, 9.17) is 5.73 Å². The Morgan fingerprint density at radius 1 is 1.26 bits per heavy atom. The van der Waals surface area contributed by atoms with Crippen LogP contribution in [0, 0.1) is 0 Å². The summed E-state index contributed by atoms with van der Waals surface area (Å²) in [6.45, 7) is 7.98. The van der Waals surface area contributed by atoms with Gasteiger partial charge in [0.1, 0.15) is 0 Å². The molecule has 0 saturated heterocycles. The van der Waals surface area contributed by atoms with Gasteiger partial charge >= 0.3 is 0 Å². The molecule has 0 bridgehead atoms. The highest BCUT2D eigenvalue weighted by atomic mass is 35.5. The van der Waals surface area contributed by atoms with Gasteiger partial charge in [0.25, 0.3) is 5.91 Å². The first kappa shape index (κ1) is 19.1. The number of benzene rings is 1. The Bertz CT molecular complexity index is 631. The van der Waals surface area contributed by atoms with E-state index in [9.17, 15) is 4.79 Å². The van der Waals surface area contributed by atoms with E-state index >= 15 is 0 Å². The predicted octanol–water partition coefficient (Wildman–Crippen LogP) is 1.73. The number of nitrogens with zero attached hydrogens (tertiary/aromatic N) is 3. The van der Waals surface area contributed by atoms with Crippen molar-refractivity contribution in [3.05, 3.63) is 47.3 Å². The quantitative estimate of drug-likeness (QED) is 0.870. The van der Waals surface area contributed by atoms with Crippen molar-refractivity contribution >= 4 is 18.3 Å². The predicted molar refractivity (Wildman–Crippen MR) is 92.9 cm³/mol. The molecule has 0 aliphatic rings. The highest BCUT2D eigenvalue weighted by molar-refractivity contribution is 5.91. The fourth-order valence-corrected chi connectivity index (χ4v) is 2.05. The average Bonchev–Trinajstić information content (AvgIpc) is 2.93. The van der Waals surface area contributed by atoms with Gasteiger partial charge in [0.2, 0.25) is 0 Å². The molecular formula is C16H24ClN5O. The topological polar surface area (TPSA) is 85.8 Å². The summed E-state index contributed by atoms with van der Waals surface area (Å²) < 4.78 is 1.66. The number of aromatic nitrogens is 3. The highest BCUT2D eigenvalue weighted by Crippen LogP contribution is 2.22. The van der Waals surface area contributed by atoms with Gasteiger partial charge in [-0.25, -0.2) is 4.68 Å². The summed E-state index contributed by atoms with van der Waals surface area (Å²) in [5, 5.41) is 10.5. The van der Waals surface area contributed by atoms with E-state index in [1.807, 2.05) is 0 Å². The second kappa shape index (κ2) is 8.08. The summed E-state index contributed by atoms with van der Waals surface area (Å²) in [7, 11) is 0. The van der Waals surface area contributed by atoms with Crippen molar-refractivity contribution in [1.82, 2.24) is 20.3 Å². The van der Waals surface area contributed by atoms with Gasteiger partial charge in [0, 0.05) is 13.1 Å². The third-order valence-electron chi connectivity index (χ3n) is 3.37. The Balaban J connectivity index is 0.00000264. The normalized spacial score (nSPS) is 11.0. The number of rotatable bonds is 5. The van der Waals surface area contributed by atoms with Crippen LogP contribution in [0.1, 0.15) is 42.4 Å². The van der Waals surface area contributed by atoms with Crippen LogP contribution in [0.2, 0.25) is 0 Å². The summed E-state index contributed by atoms with van der Waals surface area (Å²) in [5.41, 5.74) is 8.20. The molecule has 0 radical (unpaired) electrons. The molecule has 2 rings (SSSR count). The van der Waals surface area contributed by atoms with E-state index in [2.05, 4.69) is 60.7 Å². The lowest BCUT2D eigenvalue weighted by Crippen LogP contribution is -2.29. The van der Waals surface area contributed by atoms with Crippen molar-refractivity contribution in [1.29, 1.82) is 0 Å². The Hall–Kier alpha value is -1.92. The minimum absolute atomic E-state index is 0. The van der Waals surface area contributed by atoms with Crippen LogP contribution in [0.4, 0.5) is 0 Å². The summed E-state index contributed by atoms with van der Waals surface area (Å²) in [4.78, 5) is 11.7. The van der Waals surface area contributed by atoms with E-state index in [-0.39, 0.29) is 23.7 Å². The SMILES string of the molecule is CC(C)(C)c1ccc(Cn2cc(C(=O)NCCN)nn2)cc1.Cl. The Labute approximate surface area is 142 Å². The molecule has 6 nitrogen and oxygen atoms in total. The molecule has 0 unspecified atom stereocenters. The zero-order chi connectivity index (χ0) is 16.2. The molecule has 0 atom stereocenters. The van der Waals surface area contributed by atoms with Gasteiger partial charge in [-0.1, -0.05) is 50.3 Å². The fourth-order valence-electron chi connectivity index (χ4n) is 2.05. The van der Waals surface area contributed by atoms with E-state index in [1.165, 1.54) is 5.56 Å². The number of halogens is 1. The molecule has 7 heteroatoms. The largest absolute Gasteiger partial charge is 0.349 e. The molecule has 0 aliphatic carbocycles. The molecule has 126 valence electrons. The summed E-state index contributed by atoms with van der Waals surface area (Å²) in [6, 6.07) is 8.41. The zero-order valence-electron chi connectivity index (χ0n) is 13.7. The summed E-state index contributed by atoms with van der Waals surface area (Å²) in [5.74, 6) is -0.250. The second-order valence-electron chi connectivity index (χ2n) is 6.29. The van der Waals surface area contributed by atoms with E-state index in [0.717, 1.165) is 5.56 Å².